The van der Waals surface area contributed by atoms with E-state index in [1.54, 1.807) is 0 Å². The molecule has 1 fully saturated rings. The van der Waals surface area contributed by atoms with E-state index in [2.05, 4.69) is 48.7 Å². The molecule has 1 aromatic rings. The Hall–Kier alpha value is -2.04. The number of nitrogens with one attached hydrogen (secondary N) is 2. The van der Waals surface area contributed by atoms with E-state index in [0.717, 1.165) is 31.6 Å². The first-order valence-corrected chi connectivity index (χ1v) is 8.84. The van der Waals surface area contributed by atoms with Gasteiger partial charge in [-0.25, -0.2) is 0 Å². The number of carbonyl (C=O) groups is 2. The minimum Gasteiger partial charge on any atom is -0.381 e. The van der Waals surface area contributed by atoms with Crippen molar-refractivity contribution < 1.29 is 9.59 Å². The number of likely N-dealkylation sites (tertiary alicyclic amines) is 1. The summed E-state index contributed by atoms with van der Waals surface area (Å²) < 4.78 is 0. The third kappa shape index (κ3) is 5.55. The van der Waals surface area contributed by atoms with Crippen molar-refractivity contribution in [3.05, 3.63) is 29.8 Å². The number of carbonyl (C=O) groups excluding carboxylic acids is 2. The van der Waals surface area contributed by atoms with Crippen molar-refractivity contribution in [1.82, 2.24) is 10.2 Å². The lowest BCUT2D eigenvalue weighted by Crippen LogP contribution is -2.45. The minimum atomic E-state index is -0.0918. The summed E-state index contributed by atoms with van der Waals surface area (Å²) in [4.78, 5) is 25.0. The Morgan fingerprint density at radius 2 is 1.96 bits per heavy atom. The van der Waals surface area contributed by atoms with Gasteiger partial charge < -0.3 is 15.5 Å². The first kappa shape index (κ1) is 18.3. The van der Waals surface area contributed by atoms with Gasteiger partial charge in [-0.15, -0.1) is 0 Å². The predicted molar refractivity (Wildman–Crippen MR) is 97.1 cm³/mol. The molecule has 5 heteroatoms. The lowest BCUT2D eigenvalue weighted by Gasteiger charge is -2.34. The quantitative estimate of drug-likeness (QED) is 0.842. The fourth-order valence-corrected chi connectivity index (χ4v) is 3.03. The van der Waals surface area contributed by atoms with Gasteiger partial charge in [0.2, 0.25) is 11.8 Å². The molecular weight excluding hydrogens is 302 g/mol. The molecule has 0 unspecified atom stereocenters. The summed E-state index contributed by atoms with van der Waals surface area (Å²) in [5.74, 6) is 0.557. The second-order valence-electron chi connectivity index (χ2n) is 6.83. The highest BCUT2D eigenvalue weighted by Crippen LogP contribution is 2.20. The number of hydrogen-bond acceptors (Lipinski definition) is 3. The molecule has 2 N–H and O–H groups in total. The normalized spacial score (nSPS) is 17.7. The molecule has 5 nitrogen and oxygen atoms in total. The van der Waals surface area contributed by atoms with Crippen LogP contribution >= 0.6 is 0 Å². The first-order valence-electron chi connectivity index (χ1n) is 8.84. The van der Waals surface area contributed by atoms with Gasteiger partial charge in [0, 0.05) is 44.7 Å². The van der Waals surface area contributed by atoms with Crippen molar-refractivity contribution in [2.45, 2.75) is 52.0 Å². The maximum absolute atomic E-state index is 12.2. The highest BCUT2D eigenvalue weighted by molar-refractivity contribution is 5.78. The minimum absolute atomic E-state index is 0.0918. The summed E-state index contributed by atoms with van der Waals surface area (Å²) >= 11 is 0. The van der Waals surface area contributed by atoms with Crippen LogP contribution in [0.3, 0.4) is 0 Å². The van der Waals surface area contributed by atoms with Gasteiger partial charge in [0.25, 0.3) is 0 Å². The predicted octanol–water partition coefficient (Wildman–Crippen LogP) is 2.74. The van der Waals surface area contributed by atoms with Crippen molar-refractivity contribution in [2.24, 2.45) is 0 Å². The van der Waals surface area contributed by atoms with Crippen molar-refractivity contribution >= 4 is 17.5 Å². The van der Waals surface area contributed by atoms with Crippen molar-refractivity contribution in [3.8, 4) is 0 Å². The average molecular weight is 331 g/mol. The number of rotatable bonds is 6. The van der Waals surface area contributed by atoms with Gasteiger partial charge in [0.1, 0.15) is 0 Å². The van der Waals surface area contributed by atoms with Crippen LogP contribution in [-0.4, -0.2) is 42.4 Å². The largest absolute Gasteiger partial charge is 0.381 e. The standard InChI is InChI=1S/C19H29N3O2/c1-14(2)16-6-8-17(9-7-16)21-18-5-4-12-22(13-18)19(24)10-11-20-15(3)23/h6-9,14,18,21H,4-5,10-13H2,1-3H3,(H,20,23)/t18-/m0/s1. The molecule has 0 aromatic heterocycles. The van der Waals surface area contributed by atoms with Crippen LogP contribution < -0.4 is 10.6 Å². The Kier molecular flexibility index (Phi) is 6.64. The Morgan fingerprint density at radius 3 is 2.58 bits per heavy atom. The summed E-state index contributed by atoms with van der Waals surface area (Å²) in [6.07, 6.45) is 2.45. The van der Waals surface area contributed by atoms with Crippen LogP contribution in [0.25, 0.3) is 0 Å². The van der Waals surface area contributed by atoms with Gasteiger partial charge in [-0.3, -0.25) is 9.59 Å². The fraction of sp³-hybridized carbons (Fsp3) is 0.579. The maximum atomic E-state index is 12.2. The topological polar surface area (TPSA) is 61.4 Å². The molecular formula is C19H29N3O2. The Morgan fingerprint density at radius 1 is 1.25 bits per heavy atom. The van der Waals surface area contributed by atoms with Gasteiger partial charge in [0.05, 0.1) is 0 Å². The molecule has 1 atom stereocenters. The Bertz CT molecular complexity index is 554. The Labute approximate surface area is 144 Å². The number of nitrogens with zero attached hydrogens (tertiary/aromatic N) is 1. The summed E-state index contributed by atoms with van der Waals surface area (Å²) in [6, 6.07) is 8.84. The van der Waals surface area contributed by atoms with Crippen LogP contribution in [0.2, 0.25) is 0 Å². The zero-order valence-electron chi connectivity index (χ0n) is 15.0. The van der Waals surface area contributed by atoms with Gasteiger partial charge in [-0.05, 0) is 36.5 Å². The molecule has 0 saturated carbocycles. The van der Waals surface area contributed by atoms with Crippen LogP contribution in [-0.2, 0) is 9.59 Å². The van der Waals surface area contributed by atoms with E-state index in [0.29, 0.717) is 18.9 Å². The van der Waals surface area contributed by atoms with Crippen LogP contribution in [0.1, 0.15) is 51.5 Å². The third-order valence-corrected chi connectivity index (χ3v) is 4.44. The van der Waals surface area contributed by atoms with E-state index >= 15 is 0 Å². The van der Waals surface area contributed by atoms with Crippen LogP contribution in [0.4, 0.5) is 5.69 Å². The highest BCUT2D eigenvalue weighted by atomic mass is 16.2. The maximum Gasteiger partial charge on any atom is 0.224 e. The lowest BCUT2D eigenvalue weighted by atomic mass is 10.0. The molecule has 0 radical (unpaired) electrons. The molecule has 24 heavy (non-hydrogen) atoms. The monoisotopic (exact) mass is 331 g/mol. The molecule has 132 valence electrons. The molecule has 2 amide bonds. The van der Waals surface area contributed by atoms with Crippen LogP contribution in [0.15, 0.2) is 24.3 Å². The summed E-state index contributed by atoms with van der Waals surface area (Å²) in [5.41, 5.74) is 2.44. The second-order valence-corrected chi connectivity index (χ2v) is 6.83. The number of amides is 2. The summed E-state index contributed by atoms with van der Waals surface area (Å²) in [5, 5.41) is 6.22. The zero-order chi connectivity index (χ0) is 17.5. The molecule has 0 spiro atoms. The highest BCUT2D eigenvalue weighted by Gasteiger charge is 2.23. The fourth-order valence-electron chi connectivity index (χ4n) is 3.03. The SMILES string of the molecule is CC(=O)NCCC(=O)N1CCC[C@H](Nc2ccc(C(C)C)cc2)C1. The van der Waals surface area contributed by atoms with Crippen molar-refractivity contribution in [2.75, 3.05) is 25.0 Å². The van der Waals surface area contributed by atoms with Gasteiger partial charge in [0.15, 0.2) is 0 Å². The third-order valence-electron chi connectivity index (χ3n) is 4.44. The van der Waals surface area contributed by atoms with E-state index in [-0.39, 0.29) is 17.9 Å². The lowest BCUT2D eigenvalue weighted by molar-refractivity contribution is -0.132. The summed E-state index contributed by atoms with van der Waals surface area (Å²) in [6.45, 7) is 7.80. The molecule has 1 heterocycles. The van der Waals surface area contributed by atoms with E-state index < -0.39 is 0 Å². The van der Waals surface area contributed by atoms with Crippen LogP contribution in [0, 0.1) is 0 Å². The molecule has 2 rings (SSSR count). The van der Waals surface area contributed by atoms with Crippen LogP contribution in [0.5, 0.6) is 0 Å². The van der Waals surface area contributed by atoms with Gasteiger partial charge >= 0.3 is 0 Å². The van der Waals surface area contributed by atoms with E-state index in [1.165, 1.54) is 12.5 Å². The molecule has 1 aromatic carbocycles. The second kappa shape index (κ2) is 8.71. The van der Waals surface area contributed by atoms with E-state index in [1.807, 2.05) is 4.90 Å². The molecule has 0 aliphatic carbocycles. The van der Waals surface area contributed by atoms with E-state index in [9.17, 15) is 9.59 Å². The van der Waals surface area contributed by atoms with Gasteiger partial charge in [-0.2, -0.15) is 0 Å². The number of anilines is 1. The Balaban J connectivity index is 1.83. The molecule has 1 aliphatic rings. The van der Waals surface area contributed by atoms with Crippen molar-refractivity contribution in [3.63, 3.8) is 0 Å². The summed E-state index contributed by atoms with van der Waals surface area (Å²) in [7, 11) is 0. The number of benzene rings is 1. The average Bonchev–Trinajstić information content (AvgIpc) is 2.55. The van der Waals surface area contributed by atoms with E-state index in [4.69, 9.17) is 0 Å². The zero-order valence-corrected chi connectivity index (χ0v) is 15.0. The van der Waals surface area contributed by atoms with Gasteiger partial charge in [-0.1, -0.05) is 26.0 Å². The number of piperidine rings is 1. The number of hydrogen-bond donors (Lipinski definition) is 2. The van der Waals surface area contributed by atoms with Crippen molar-refractivity contribution in [1.29, 1.82) is 0 Å². The molecule has 0 bridgehead atoms. The first-order chi connectivity index (χ1) is 11.5. The smallest absolute Gasteiger partial charge is 0.224 e. The molecule has 1 saturated heterocycles. The molecule has 1 aliphatic heterocycles.